The molecule has 1 saturated heterocycles. The summed E-state index contributed by atoms with van der Waals surface area (Å²) in [6.07, 6.45) is 3.67. The predicted octanol–water partition coefficient (Wildman–Crippen LogP) is 2.29. The van der Waals surface area contributed by atoms with Crippen molar-refractivity contribution in [1.29, 1.82) is 0 Å². The third kappa shape index (κ3) is 3.72. The summed E-state index contributed by atoms with van der Waals surface area (Å²) in [7, 11) is -0.481. The highest BCUT2D eigenvalue weighted by atomic mass is 32.1. The minimum atomic E-state index is -0.481. The van der Waals surface area contributed by atoms with Gasteiger partial charge in [-0.15, -0.1) is 11.3 Å². The van der Waals surface area contributed by atoms with Gasteiger partial charge < -0.3 is 14.6 Å². The van der Waals surface area contributed by atoms with Crippen LogP contribution in [0.15, 0.2) is 17.0 Å². The topological polar surface area (TPSA) is 60.5 Å². The Labute approximate surface area is 129 Å². The molecule has 0 saturated carbocycles. The molecule has 0 spiro atoms. The molecule has 1 amide bonds. The molecule has 1 N–H and O–H groups in total. The summed E-state index contributed by atoms with van der Waals surface area (Å²) in [5, 5.41) is 5.57. The number of carbonyl (C=O) groups is 1. The van der Waals surface area contributed by atoms with E-state index >= 15 is 0 Å². The van der Waals surface area contributed by atoms with Crippen molar-refractivity contribution in [3.05, 3.63) is 22.1 Å². The number of thiazole rings is 1. The Morgan fingerprint density at radius 1 is 1.38 bits per heavy atom. The monoisotopic (exact) mass is 308 g/mol. The standard InChI is InChI=1S/C14H21BN2O3S/c1-10(18)17-9-11(8-12-16-6-7-21-12)15-19-13(2,3)14(4,5)20-15/h6-8H,9H2,1-5H3,(H,17,18). The summed E-state index contributed by atoms with van der Waals surface area (Å²) < 4.78 is 12.1. The second-order valence-electron chi connectivity index (χ2n) is 6.09. The average molecular weight is 308 g/mol. The third-order valence-corrected chi connectivity index (χ3v) is 4.58. The fourth-order valence-electron chi connectivity index (χ4n) is 1.89. The number of hydrogen-bond acceptors (Lipinski definition) is 5. The van der Waals surface area contributed by atoms with E-state index in [2.05, 4.69) is 10.3 Å². The van der Waals surface area contributed by atoms with E-state index < -0.39 is 18.3 Å². The number of aromatic nitrogens is 1. The van der Waals surface area contributed by atoms with Gasteiger partial charge in [0.15, 0.2) is 0 Å². The average Bonchev–Trinajstić information content (AvgIpc) is 2.91. The van der Waals surface area contributed by atoms with Gasteiger partial charge in [-0.1, -0.05) is 0 Å². The fraction of sp³-hybridized carbons (Fsp3) is 0.571. The summed E-state index contributed by atoms with van der Waals surface area (Å²) in [4.78, 5) is 15.4. The minimum absolute atomic E-state index is 0.0865. The van der Waals surface area contributed by atoms with Crippen LogP contribution < -0.4 is 5.32 Å². The highest BCUT2D eigenvalue weighted by Crippen LogP contribution is 2.38. The zero-order chi connectivity index (χ0) is 15.7. The summed E-state index contributed by atoms with van der Waals surface area (Å²) in [5.74, 6) is -0.0865. The van der Waals surface area contributed by atoms with E-state index in [1.807, 2.05) is 39.2 Å². The lowest BCUT2D eigenvalue weighted by molar-refractivity contribution is -0.118. The van der Waals surface area contributed by atoms with Crippen molar-refractivity contribution < 1.29 is 14.1 Å². The van der Waals surface area contributed by atoms with Gasteiger partial charge in [0.05, 0.1) is 11.2 Å². The maximum atomic E-state index is 11.2. The molecule has 1 aromatic heterocycles. The maximum absolute atomic E-state index is 11.2. The van der Waals surface area contributed by atoms with Crippen LogP contribution in [0.25, 0.3) is 6.08 Å². The Hall–Kier alpha value is -1.18. The van der Waals surface area contributed by atoms with Crippen molar-refractivity contribution >= 4 is 30.4 Å². The molecule has 7 heteroatoms. The second-order valence-corrected chi connectivity index (χ2v) is 7.01. The molecule has 0 bridgehead atoms. The molecular weight excluding hydrogens is 287 g/mol. The zero-order valence-electron chi connectivity index (χ0n) is 13.1. The Morgan fingerprint density at radius 2 is 2.00 bits per heavy atom. The van der Waals surface area contributed by atoms with Crippen LogP contribution in [0.1, 0.15) is 39.6 Å². The van der Waals surface area contributed by atoms with E-state index in [-0.39, 0.29) is 5.91 Å². The molecule has 0 radical (unpaired) electrons. The molecule has 2 rings (SSSR count). The van der Waals surface area contributed by atoms with E-state index in [9.17, 15) is 4.79 Å². The second kappa shape index (κ2) is 5.91. The Bertz CT molecular complexity index is 524. The van der Waals surface area contributed by atoms with Gasteiger partial charge in [-0.25, -0.2) is 4.98 Å². The maximum Gasteiger partial charge on any atom is 0.492 e. The first-order valence-electron chi connectivity index (χ1n) is 6.91. The van der Waals surface area contributed by atoms with Gasteiger partial charge in [-0.2, -0.15) is 0 Å². The molecule has 0 aliphatic carbocycles. The van der Waals surface area contributed by atoms with Gasteiger partial charge in [0.25, 0.3) is 0 Å². The van der Waals surface area contributed by atoms with Crippen LogP contribution in [-0.4, -0.2) is 35.8 Å². The van der Waals surface area contributed by atoms with E-state index in [1.165, 1.54) is 18.3 Å². The highest BCUT2D eigenvalue weighted by Gasteiger charge is 2.52. The van der Waals surface area contributed by atoms with Gasteiger partial charge in [0.2, 0.25) is 5.91 Å². The molecule has 0 unspecified atom stereocenters. The molecule has 5 nitrogen and oxygen atoms in total. The molecule has 1 aliphatic heterocycles. The fourth-order valence-corrected chi connectivity index (χ4v) is 2.49. The van der Waals surface area contributed by atoms with E-state index in [4.69, 9.17) is 9.31 Å². The first kappa shape index (κ1) is 16.2. The van der Waals surface area contributed by atoms with Crippen molar-refractivity contribution in [2.24, 2.45) is 0 Å². The first-order chi connectivity index (χ1) is 9.71. The number of hydrogen-bond donors (Lipinski definition) is 1. The highest BCUT2D eigenvalue weighted by molar-refractivity contribution is 7.10. The Balaban J connectivity index is 2.22. The minimum Gasteiger partial charge on any atom is -0.400 e. The van der Waals surface area contributed by atoms with E-state index in [0.29, 0.717) is 6.54 Å². The summed E-state index contributed by atoms with van der Waals surface area (Å²) in [6.45, 7) is 9.90. The molecule has 21 heavy (non-hydrogen) atoms. The Morgan fingerprint density at radius 3 is 2.48 bits per heavy atom. The summed E-state index contributed by atoms with van der Waals surface area (Å²) >= 11 is 1.53. The van der Waals surface area contributed by atoms with Gasteiger partial charge in [-0.05, 0) is 39.2 Å². The normalized spacial score (nSPS) is 20.6. The van der Waals surface area contributed by atoms with Gasteiger partial charge in [0.1, 0.15) is 5.01 Å². The summed E-state index contributed by atoms with van der Waals surface area (Å²) in [6, 6.07) is 0. The number of nitrogens with one attached hydrogen (secondary N) is 1. The van der Waals surface area contributed by atoms with E-state index in [0.717, 1.165) is 10.5 Å². The molecule has 1 aromatic rings. The smallest absolute Gasteiger partial charge is 0.400 e. The van der Waals surface area contributed by atoms with Crippen LogP contribution in [-0.2, 0) is 14.1 Å². The molecular formula is C14H21BN2O3S. The quantitative estimate of drug-likeness (QED) is 0.867. The SMILES string of the molecule is CC(=O)NCC(=Cc1nccs1)B1OC(C)(C)C(C)(C)O1. The zero-order valence-corrected chi connectivity index (χ0v) is 13.9. The van der Waals surface area contributed by atoms with Gasteiger partial charge in [-0.3, -0.25) is 4.79 Å². The molecule has 0 aromatic carbocycles. The number of rotatable bonds is 4. The van der Waals surface area contributed by atoms with Gasteiger partial charge >= 0.3 is 7.12 Å². The van der Waals surface area contributed by atoms with Crippen LogP contribution in [0.4, 0.5) is 0 Å². The molecule has 2 heterocycles. The molecule has 1 aliphatic rings. The van der Waals surface area contributed by atoms with Crippen LogP contribution in [0.2, 0.25) is 0 Å². The van der Waals surface area contributed by atoms with Crippen molar-refractivity contribution in [2.45, 2.75) is 45.8 Å². The van der Waals surface area contributed by atoms with Crippen LogP contribution in [0.5, 0.6) is 0 Å². The first-order valence-corrected chi connectivity index (χ1v) is 7.79. The predicted molar refractivity (Wildman–Crippen MR) is 84.9 cm³/mol. The number of nitrogens with zero attached hydrogens (tertiary/aromatic N) is 1. The van der Waals surface area contributed by atoms with Crippen LogP contribution >= 0.6 is 11.3 Å². The molecule has 114 valence electrons. The Kier molecular flexibility index (Phi) is 4.56. The van der Waals surface area contributed by atoms with Gasteiger partial charge in [0, 0.05) is 25.0 Å². The van der Waals surface area contributed by atoms with E-state index in [1.54, 1.807) is 6.20 Å². The lowest BCUT2D eigenvalue weighted by Gasteiger charge is -2.32. The largest absolute Gasteiger partial charge is 0.492 e. The third-order valence-electron chi connectivity index (χ3n) is 3.86. The van der Waals surface area contributed by atoms with Crippen LogP contribution in [0.3, 0.4) is 0 Å². The van der Waals surface area contributed by atoms with Crippen molar-refractivity contribution in [3.63, 3.8) is 0 Å². The van der Waals surface area contributed by atoms with Crippen molar-refractivity contribution in [1.82, 2.24) is 10.3 Å². The lowest BCUT2D eigenvalue weighted by atomic mass is 9.77. The van der Waals surface area contributed by atoms with Crippen LogP contribution in [0, 0.1) is 0 Å². The summed E-state index contributed by atoms with van der Waals surface area (Å²) in [5.41, 5.74) is 0.0462. The molecule has 1 fully saturated rings. The number of carbonyl (C=O) groups excluding carboxylic acids is 1. The molecule has 0 atom stereocenters. The van der Waals surface area contributed by atoms with Crippen molar-refractivity contribution in [3.8, 4) is 0 Å². The lowest BCUT2D eigenvalue weighted by Crippen LogP contribution is -2.41. The van der Waals surface area contributed by atoms with Crippen molar-refractivity contribution in [2.75, 3.05) is 6.54 Å². The number of amides is 1.